The van der Waals surface area contributed by atoms with Crippen molar-refractivity contribution in [3.63, 3.8) is 0 Å². The number of fused-ring (bicyclic) bond motifs is 1. The van der Waals surface area contributed by atoms with Crippen molar-refractivity contribution in [3.05, 3.63) is 5.56 Å². The van der Waals surface area contributed by atoms with Gasteiger partial charge in [0.2, 0.25) is 11.9 Å². The summed E-state index contributed by atoms with van der Waals surface area (Å²) in [4.78, 5) is 25.8. The Morgan fingerprint density at radius 3 is 2.52 bits per heavy atom. The first-order valence-corrected chi connectivity index (χ1v) is 10.6. The average Bonchev–Trinajstić information content (AvgIpc) is 2.83. The minimum absolute atomic E-state index is 0.0893. The van der Waals surface area contributed by atoms with Gasteiger partial charge in [-0.05, 0) is 51.7 Å². The van der Waals surface area contributed by atoms with Crippen molar-refractivity contribution in [2.75, 3.05) is 48.7 Å². The van der Waals surface area contributed by atoms with E-state index >= 15 is 0 Å². The molecular formula is C20H34N6O. The molecule has 1 aromatic rings. The molecule has 3 rings (SSSR count). The fourth-order valence-electron chi connectivity index (χ4n) is 3.90. The van der Waals surface area contributed by atoms with Gasteiger partial charge in [-0.25, -0.2) is 0 Å². The molecule has 0 spiro atoms. The number of carbonyl (C=O) groups is 1. The summed E-state index contributed by atoms with van der Waals surface area (Å²) in [7, 11) is 0. The third-order valence-electron chi connectivity index (χ3n) is 5.52. The van der Waals surface area contributed by atoms with Crippen LogP contribution in [0.4, 0.5) is 17.6 Å². The van der Waals surface area contributed by atoms with E-state index in [4.69, 9.17) is 5.73 Å². The summed E-state index contributed by atoms with van der Waals surface area (Å²) in [5, 5.41) is 3.22. The number of nitrogens with two attached hydrogens (primary N) is 1. The Bertz CT molecular complexity index is 627. The average molecular weight is 375 g/mol. The van der Waals surface area contributed by atoms with Crippen LogP contribution >= 0.6 is 0 Å². The number of rotatable bonds is 9. The highest BCUT2D eigenvalue weighted by Gasteiger charge is 2.31. The topological polar surface area (TPSA) is 87.4 Å². The number of unbranched alkanes of at least 4 members (excludes halogenated alkanes) is 2. The van der Waals surface area contributed by atoms with Crippen LogP contribution in [0.1, 0.15) is 63.9 Å². The van der Waals surface area contributed by atoms with Crippen LogP contribution in [0.15, 0.2) is 0 Å². The van der Waals surface area contributed by atoms with Gasteiger partial charge in [0.15, 0.2) is 0 Å². The molecule has 3 heterocycles. The summed E-state index contributed by atoms with van der Waals surface area (Å²) in [6, 6.07) is 0. The van der Waals surface area contributed by atoms with E-state index in [1.54, 1.807) is 4.90 Å². The third-order valence-corrected chi connectivity index (χ3v) is 5.52. The number of anilines is 3. The van der Waals surface area contributed by atoms with Gasteiger partial charge in [-0.15, -0.1) is 0 Å². The summed E-state index contributed by atoms with van der Waals surface area (Å²) < 4.78 is 0. The zero-order valence-corrected chi connectivity index (χ0v) is 16.7. The second-order valence-electron chi connectivity index (χ2n) is 7.70. The molecule has 0 bridgehead atoms. The lowest BCUT2D eigenvalue weighted by atomic mass is 10.2. The van der Waals surface area contributed by atoms with Crippen LogP contribution in [0.2, 0.25) is 0 Å². The molecule has 0 aliphatic carbocycles. The summed E-state index contributed by atoms with van der Waals surface area (Å²) in [5.41, 5.74) is 6.88. The van der Waals surface area contributed by atoms with Crippen LogP contribution in [0.3, 0.4) is 0 Å². The number of amides is 1. The van der Waals surface area contributed by atoms with E-state index in [-0.39, 0.29) is 5.91 Å². The van der Waals surface area contributed by atoms with Crippen molar-refractivity contribution in [1.82, 2.24) is 14.9 Å². The van der Waals surface area contributed by atoms with Crippen LogP contribution < -0.4 is 16.0 Å². The standard InChI is InChI=1S/C20H34N6O/c1-2-3-10-22-20-23-18(21)16-15-17(27)26(19(16)24-20)14-9-8-13-25-11-6-4-5-7-12-25/h2-15H2,1H3,(H3,21,22,23,24). The number of carbonyl (C=O) groups excluding carboxylic acids is 1. The largest absolute Gasteiger partial charge is 0.383 e. The van der Waals surface area contributed by atoms with Gasteiger partial charge in [-0.3, -0.25) is 9.69 Å². The zero-order valence-electron chi connectivity index (χ0n) is 16.7. The first-order valence-electron chi connectivity index (χ1n) is 10.6. The molecule has 150 valence electrons. The Balaban J connectivity index is 1.54. The summed E-state index contributed by atoms with van der Waals surface area (Å²) in [6.45, 7) is 7.25. The van der Waals surface area contributed by atoms with Crippen molar-refractivity contribution in [3.8, 4) is 0 Å². The van der Waals surface area contributed by atoms with Crippen LogP contribution in [0.5, 0.6) is 0 Å². The Kier molecular flexibility index (Phi) is 7.26. The quantitative estimate of drug-likeness (QED) is 0.646. The second kappa shape index (κ2) is 9.88. The van der Waals surface area contributed by atoms with Crippen LogP contribution in [0, 0.1) is 0 Å². The molecule has 27 heavy (non-hydrogen) atoms. The van der Waals surface area contributed by atoms with Gasteiger partial charge in [0.05, 0.1) is 6.42 Å². The number of likely N-dealkylation sites (tertiary alicyclic amines) is 1. The highest BCUT2D eigenvalue weighted by molar-refractivity contribution is 6.01. The van der Waals surface area contributed by atoms with Gasteiger partial charge in [0.1, 0.15) is 11.6 Å². The highest BCUT2D eigenvalue weighted by Crippen LogP contribution is 2.31. The van der Waals surface area contributed by atoms with Crippen LogP contribution in [0.25, 0.3) is 0 Å². The van der Waals surface area contributed by atoms with Crippen LogP contribution in [-0.4, -0.2) is 53.5 Å². The fraction of sp³-hybridized carbons (Fsp3) is 0.750. The van der Waals surface area contributed by atoms with E-state index in [0.29, 0.717) is 30.5 Å². The SMILES string of the molecule is CCCCNc1nc(N)c2c(n1)N(CCCCN1CCCCCC1)C(=O)C2. The molecule has 1 amide bonds. The zero-order chi connectivity index (χ0) is 19.1. The molecule has 0 atom stereocenters. The molecule has 2 aliphatic heterocycles. The van der Waals surface area contributed by atoms with Gasteiger partial charge in [0.25, 0.3) is 0 Å². The minimum atomic E-state index is 0.0893. The smallest absolute Gasteiger partial charge is 0.232 e. The molecule has 0 aromatic carbocycles. The molecule has 1 saturated heterocycles. The van der Waals surface area contributed by atoms with Gasteiger partial charge < -0.3 is 16.0 Å². The summed E-state index contributed by atoms with van der Waals surface area (Å²) >= 11 is 0. The lowest BCUT2D eigenvalue weighted by Gasteiger charge is -2.21. The number of hydrogen-bond donors (Lipinski definition) is 2. The minimum Gasteiger partial charge on any atom is -0.383 e. The van der Waals surface area contributed by atoms with Gasteiger partial charge >= 0.3 is 0 Å². The predicted molar refractivity (Wildman–Crippen MR) is 110 cm³/mol. The van der Waals surface area contributed by atoms with E-state index in [1.807, 2.05) is 0 Å². The van der Waals surface area contributed by atoms with Crippen molar-refractivity contribution < 1.29 is 4.79 Å². The van der Waals surface area contributed by atoms with Gasteiger partial charge in [-0.2, -0.15) is 9.97 Å². The third kappa shape index (κ3) is 5.31. The molecule has 2 aliphatic rings. The van der Waals surface area contributed by atoms with E-state index in [1.165, 1.54) is 38.8 Å². The number of nitrogens with one attached hydrogen (secondary N) is 1. The summed E-state index contributed by atoms with van der Waals surface area (Å²) in [6.07, 6.45) is 9.96. The van der Waals surface area contributed by atoms with Gasteiger partial charge in [-0.1, -0.05) is 26.2 Å². The van der Waals surface area contributed by atoms with Crippen LogP contribution in [-0.2, 0) is 11.2 Å². The first kappa shape index (κ1) is 19.9. The molecular weight excluding hydrogens is 340 g/mol. The molecule has 7 nitrogen and oxygen atoms in total. The number of aromatic nitrogens is 2. The number of hydrogen-bond acceptors (Lipinski definition) is 6. The van der Waals surface area contributed by atoms with E-state index in [2.05, 4.69) is 27.1 Å². The Morgan fingerprint density at radius 2 is 1.78 bits per heavy atom. The molecule has 0 unspecified atom stereocenters. The highest BCUT2D eigenvalue weighted by atomic mass is 16.2. The maximum absolute atomic E-state index is 12.5. The molecule has 0 saturated carbocycles. The molecule has 1 aromatic heterocycles. The van der Waals surface area contributed by atoms with Crippen molar-refractivity contribution in [1.29, 1.82) is 0 Å². The molecule has 3 N–H and O–H groups in total. The normalized spacial score (nSPS) is 17.8. The van der Waals surface area contributed by atoms with Crippen molar-refractivity contribution >= 4 is 23.5 Å². The Morgan fingerprint density at radius 1 is 1.04 bits per heavy atom. The molecule has 1 fully saturated rings. The molecule has 0 radical (unpaired) electrons. The van der Waals surface area contributed by atoms with Crippen molar-refractivity contribution in [2.24, 2.45) is 0 Å². The second-order valence-corrected chi connectivity index (χ2v) is 7.70. The Labute approximate surface area is 162 Å². The lowest BCUT2D eigenvalue weighted by Crippen LogP contribution is -2.30. The molecule has 7 heteroatoms. The summed E-state index contributed by atoms with van der Waals surface area (Å²) in [5.74, 6) is 1.76. The number of nitrogens with zero attached hydrogens (tertiary/aromatic N) is 4. The van der Waals surface area contributed by atoms with E-state index in [9.17, 15) is 4.79 Å². The van der Waals surface area contributed by atoms with E-state index < -0.39 is 0 Å². The van der Waals surface area contributed by atoms with E-state index in [0.717, 1.165) is 44.3 Å². The monoisotopic (exact) mass is 374 g/mol. The maximum Gasteiger partial charge on any atom is 0.232 e. The van der Waals surface area contributed by atoms with Crippen molar-refractivity contribution in [2.45, 2.75) is 64.7 Å². The van der Waals surface area contributed by atoms with Gasteiger partial charge in [0, 0.05) is 18.7 Å². The Hall–Kier alpha value is -1.89. The first-order chi connectivity index (χ1) is 13.2. The fourth-order valence-corrected chi connectivity index (χ4v) is 3.90. The maximum atomic E-state index is 12.5. The predicted octanol–water partition coefficient (Wildman–Crippen LogP) is 2.82. The lowest BCUT2D eigenvalue weighted by molar-refractivity contribution is -0.117. The number of nitrogen functional groups attached to an aromatic ring is 1.